The van der Waals surface area contributed by atoms with E-state index in [1.165, 1.54) is 19.3 Å². The molecule has 2 fully saturated rings. The number of methoxy groups -OCH3 is 1. The first kappa shape index (κ1) is 10.2. The zero-order valence-corrected chi connectivity index (χ0v) is 9.57. The van der Waals surface area contributed by atoms with Crippen molar-refractivity contribution in [1.29, 1.82) is 0 Å². The fourth-order valence-corrected chi connectivity index (χ4v) is 3.44. The maximum Gasteiger partial charge on any atom is 0.247 e. The van der Waals surface area contributed by atoms with E-state index < -0.39 is 16.8 Å². The molecule has 1 aliphatic heterocycles. The smallest absolute Gasteiger partial charge is 0.247 e. The summed E-state index contributed by atoms with van der Waals surface area (Å²) in [5.41, 5.74) is -1.23. The van der Waals surface area contributed by atoms with Crippen molar-refractivity contribution in [2.75, 3.05) is 7.11 Å². The van der Waals surface area contributed by atoms with Gasteiger partial charge in [-0.05, 0) is 32.4 Å². The van der Waals surface area contributed by atoms with Crippen LogP contribution in [-0.2, 0) is 19.1 Å². The molecule has 0 radical (unpaired) electrons. The Morgan fingerprint density at radius 1 is 1.31 bits per heavy atom. The highest BCUT2D eigenvalue weighted by Crippen LogP contribution is 2.73. The third-order valence-electron chi connectivity index (χ3n) is 4.23. The van der Waals surface area contributed by atoms with Crippen molar-refractivity contribution in [3.8, 4) is 0 Å². The summed E-state index contributed by atoms with van der Waals surface area (Å²) >= 11 is 0. The third kappa shape index (κ3) is 0.780. The number of hydrogen-bond donors (Lipinski definition) is 0. The van der Waals surface area contributed by atoms with Crippen LogP contribution >= 0.6 is 0 Å². The number of allylic oxidation sites excluding steroid dienone is 1. The minimum Gasteiger partial charge on any atom is -0.346 e. The van der Waals surface area contributed by atoms with Gasteiger partial charge in [0.2, 0.25) is 11.6 Å². The first-order valence-corrected chi connectivity index (χ1v) is 5.43. The van der Waals surface area contributed by atoms with E-state index in [1.807, 2.05) is 13.8 Å². The molecule has 4 nitrogen and oxygen atoms in total. The van der Waals surface area contributed by atoms with Gasteiger partial charge in [0.05, 0.1) is 5.60 Å². The molecule has 1 saturated heterocycles. The number of ether oxygens (including phenoxy) is 2. The van der Waals surface area contributed by atoms with E-state index in [2.05, 4.69) is 0 Å². The van der Waals surface area contributed by atoms with Crippen molar-refractivity contribution in [3.05, 3.63) is 12.2 Å². The zero-order chi connectivity index (χ0) is 11.8. The van der Waals surface area contributed by atoms with Crippen LogP contribution in [-0.4, -0.2) is 30.1 Å². The van der Waals surface area contributed by atoms with E-state index in [1.54, 1.807) is 0 Å². The number of rotatable bonds is 1. The van der Waals surface area contributed by atoms with Gasteiger partial charge in [0.1, 0.15) is 5.41 Å². The number of carbonyl (C=O) groups excluding carboxylic acids is 2. The molecule has 16 heavy (non-hydrogen) atoms. The molecule has 3 aliphatic rings. The third-order valence-corrected chi connectivity index (χ3v) is 4.23. The topological polar surface area (TPSA) is 52.6 Å². The number of carbonyl (C=O) groups is 2. The predicted molar refractivity (Wildman–Crippen MR) is 54.6 cm³/mol. The van der Waals surface area contributed by atoms with Crippen molar-refractivity contribution >= 4 is 11.6 Å². The Hall–Kier alpha value is -1.00. The molecule has 1 spiro atoms. The molecule has 0 N–H and O–H groups in total. The molecule has 0 bridgehead atoms. The van der Waals surface area contributed by atoms with Gasteiger partial charge in [-0.3, -0.25) is 9.59 Å². The molecule has 1 saturated carbocycles. The molecule has 0 aromatic carbocycles. The summed E-state index contributed by atoms with van der Waals surface area (Å²) in [5, 5.41) is 0. The van der Waals surface area contributed by atoms with E-state index >= 15 is 0 Å². The Balaban J connectivity index is 2.21. The first-order chi connectivity index (χ1) is 7.41. The van der Waals surface area contributed by atoms with E-state index in [4.69, 9.17) is 9.47 Å². The standard InChI is InChI=1S/C12H14O4/c1-10(2)7-6-11(7)8(13)4-5-9(14)12(11,15-3)16-10/h4-5,7H,6H2,1-3H3. The van der Waals surface area contributed by atoms with Gasteiger partial charge >= 0.3 is 0 Å². The van der Waals surface area contributed by atoms with Crippen LogP contribution in [0.2, 0.25) is 0 Å². The SMILES string of the molecule is COC12OC(C)(C)C3CC31C(=O)C=CC2=O. The molecular weight excluding hydrogens is 208 g/mol. The van der Waals surface area contributed by atoms with E-state index in [0.717, 1.165) is 0 Å². The maximum absolute atomic E-state index is 12.0. The highest BCUT2D eigenvalue weighted by atomic mass is 16.7. The average Bonchev–Trinajstić information content (AvgIpc) is 2.93. The van der Waals surface area contributed by atoms with Gasteiger partial charge < -0.3 is 9.47 Å². The lowest BCUT2D eigenvalue weighted by molar-refractivity contribution is -0.250. The van der Waals surface area contributed by atoms with Crippen molar-refractivity contribution in [1.82, 2.24) is 0 Å². The van der Waals surface area contributed by atoms with Gasteiger partial charge in [-0.2, -0.15) is 0 Å². The summed E-state index contributed by atoms with van der Waals surface area (Å²) in [6.07, 6.45) is 3.32. The van der Waals surface area contributed by atoms with Crippen molar-refractivity contribution in [2.24, 2.45) is 11.3 Å². The summed E-state index contributed by atoms with van der Waals surface area (Å²) in [6, 6.07) is 0. The zero-order valence-electron chi connectivity index (χ0n) is 9.57. The van der Waals surface area contributed by atoms with Gasteiger partial charge in [-0.1, -0.05) is 0 Å². The van der Waals surface area contributed by atoms with Gasteiger partial charge in [0.15, 0.2) is 5.78 Å². The molecule has 1 heterocycles. The van der Waals surface area contributed by atoms with E-state index in [-0.39, 0.29) is 17.5 Å². The largest absolute Gasteiger partial charge is 0.346 e. The van der Waals surface area contributed by atoms with Crippen LogP contribution in [0.15, 0.2) is 12.2 Å². The molecule has 0 amide bonds. The highest BCUT2D eigenvalue weighted by molar-refractivity contribution is 6.14. The Bertz CT molecular complexity index is 436. The van der Waals surface area contributed by atoms with Gasteiger partial charge in [-0.15, -0.1) is 0 Å². The molecule has 3 unspecified atom stereocenters. The monoisotopic (exact) mass is 222 g/mol. The Labute approximate surface area is 93.6 Å². The van der Waals surface area contributed by atoms with Crippen molar-refractivity contribution in [2.45, 2.75) is 31.7 Å². The minimum atomic E-state index is -1.37. The van der Waals surface area contributed by atoms with Gasteiger partial charge in [-0.25, -0.2) is 0 Å². The molecule has 3 atom stereocenters. The van der Waals surface area contributed by atoms with Gasteiger partial charge in [0, 0.05) is 13.0 Å². The number of hydrogen-bond acceptors (Lipinski definition) is 4. The molecule has 4 heteroatoms. The summed E-state index contributed by atoms with van der Waals surface area (Å²) in [6.45, 7) is 3.82. The number of ketones is 2. The normalized spacial score (nSPS) is 47.8. The van der Waals surface area contributed by atoms with E-state index in [9.17, 15) is 9.59 Å². The lowest BCUT2D eigenvalue weighted by Gasteiger charge is -2.36. The molecule has 0 aromatic rings. The van der Waals surface area contributed by atoms with Crippen molar-refractivity contribution < 1.29 is 19.1 Å². The van der Waals surface area contributed by atoms with Crippen LogP contribution in [0.5, 0.6) is 0 Å². The molecule has 2 aliphatic carbocycles. The Morgan fingerprint density at radius 3 is 2.44 bits per heavy atom. The Kier molecular flexibility index (Phi) is 1.57. The Morgan fingerprint density at radius 2 is 1.94 bits per heavy atom. The van der Waals surface area contributed by atoms with Crippen LogP contribution in [0, 0.1) is 11.3 Å². The maximum atomic E-state index is 12.0. The fourth-order valence-electron chi connectivity index (χ4n) is 3.44. The predicted octanol–water partition coefficient (Wildman–Crippen LogP) is 0.852. The summed E-state index contributed by atoms with van der Waals surface area (Å²) in [5.74, 6) is -1.57. The second-order valence-corrected chi connectivity index (χ2v) is 5.32. The van der Waals surface area contributed by atoms with Crippen LogP contribution in [0.4, 0.5) is 0 Å². The lowest BCUT2D eigenvalue weighted by Crippen LogP contribution is -2.54. The second-order valence-electron chi connectivity index (χ2n) is 5.32. The minimum absolute atomic E-state index is 0.0375. The van der Waals surface area contributed by atoms with Crippen LogP contribution in [0.25, 0.3) is 0 Å². The van der Waals surface area contributed by atoms with Crippen LogP contribution < -0.4 is 0 Å². The molecule has 0 aromatic heterocycles. The fraction of sp³-hybridized carbons (Fsp3) is 0.667. The highest BCUT2D eigenvalue weighted by Gasteiger charge is 2.84. The lowest BCUT2D eigenvalue weighted by atomic mass is 9.81. The molecule has 86 valence electrons. The summed E-state index contributed by atoms with van der Waals surface area (Å²) in [4.78, 5) is 24.0. The van der Waals surface area contributed by atoms with Crippen LogP contribution in [0.3, 0.4) is 0 Å². The van der Waals surface area contributed by atoms with Crippen LogP contribution in [0.1, 0.15) is 20.3 Å². The summed E-state index contributed by atoms with van der Waals surface area (Å²) < 4.78 is 11.1. The molecular formula is C12H14O4. The van der Waals surface area contributed by atoms with Gasteiger partial charge in [0.25, 0.3) is 0 Å². The second kappa shape index (κ2) is 2.46. The molecule has 3 rings (SSSR count). The summed E-state index contributed by atoms with van der Waals surface area (Å²) in [7, 11) is 1.43. The quantitative estimate of drug-likeness (QED) is 0.660. The van der Waals surface area contributed by atoms with E-state index in [0.29, 0.717) is 6.42 Å². The first-order valence-electron chi connectivity index (χ1n) is 5.43. The van der Waals surface area contributed by atoms with Crippen molar-refractivity contribution in [3.63, 3.8) is 0 Å². The average molecular weight is 222 g/mol.